The lowest BCUT2D eigenvalue weighted by atomic mass is 10.0. The van der Waals surface area contributed by atoms with Crippen LogP contribution in [0.1, 0.15) is 19.4 Å². The number of aliphatic carboxylic acids is 1. The van der Waals surface area contributed by atoms with Gasteiger partial charge in [-0.25, -0.2) is 9.59 Å². The van der Waals surface area contributed by atoms with Crippen molar-refractivity contribution in [1.29, 1.82) is 0 Å². The third-order valence-corrected chi connectivity index (χ3v) is 4.25. The van der Waals surface area contributed by atoms with Crippen molar-refractivity contribution in [2.75, 3.05) is 6.61 Å². The van der Waals surface area contributed by atoms with Crippen molar-refractivity contribution in [3.63, 3.8) is 0 Å². The van der Waals surface area contributed by atoms with E-state index in [1.165, 1.54) is 13.0 Å². The topological polar surface area (TPSA) is 105 Å². The van der Waals surface area contributed by atoms with Crippen LogP contribution in [-0.2, 0) is 30.3 Å². The van der Waals surface area contributed by atoms with Crippen LogP contribution in [0.25, 0.3) is 0 Å². The number of epoxide rings is 1. The highest BCUT2D eigenvalue weighted by molar-refractivity contribution is 5.83. The maximum absolute atomic E-state index is 12.8. The second kappa shape index (κ2) is 10.4. The molecule has 29 heavy (non-hydrogen) atoms. The number of esters is 1. The average Bonchev–Trinajstić information content (AvgIpc) is 3.41. The van der Waals surface area contributed by atoms with Gasteiger partial charge in [-0.2, -0.15) is 0 Å². The molecule has 3 unspecified atom stereocenters. The molecule has 0 radical (unpaired) electrons. The zero-order valence-corrected chi connectivity index (χ0v) is 16.4. The molecule has 1 aromatic carbocycles. The highest BCUT2D eigenvalue weighted by Crippen LogP contribution is 2.33. The van der Waals surface area contributed by atoms with Gasteiger partial charge in [-0.15, -0.1) is 0 Å². The summed E-state index contributed by atoms with van der Waals surface area (Å²) in [6.07, 6.45) is 8.56. The number of carbonyl (C=O) groups is 3. The molecule has 0 saturated carbocycles. The van der Waals surface area contributed by atoms with E-state index in [-0.39, 0.29) is 5.91 Å². The molecule has 3 atom stereocenters. The Morgan fingerprint density at radius 3 is 2.45 bits per heavy atom. The van der Waals surface area contributed by atoms with Crippen molar-refractivity contribution < 1.29 is 29.0 Å². The van der Waals surface area contributed by atoms with Crippen molar-refractivity contribution in [3.8, 4) is 0 Å². The van der Waals surface area contributed by atoms with Gasteiger partial charge in [0.25, 0.3) is 0 Å². The van der Waals surface area contributed by atoms with Gasteiger partial charge in [-0.1, -0.05) is 54.6 Å². The number of nitrogens with one attached hydrogen (secondary N) is 1. The van der Waals surface area contributed by atoms with E-state index < -0.39 is 29.7 Å². The Labute approximate surface area is 169 Å². The first-order chi connectivity index (χ1) is 13.8. The lowest BCUT2D eigenvalue weighted by Crippen LogP contribution is -2.45. The SMILES string of the molecule is CC(=O)NC(Cc1ccccc1)C(=O)OC(C=CC=C/C=C/C(=O)O)C1(C)CO1. The lowest BCUT2D eigenvalue weighted by Gasteiger charge is -2.22. The first-order valence-electron chi connectivity index (χ1n) is 9.20. The molecule has 7 nitrogen and oxygen atoms in total. The fraction of sp³-hybridized carbons (Fsp3) is 0.318. The van der Waals surface area contributed by atoms with E-state index in [4.69, 9.17) is 14.6 Å². The highest BCUT2D eigenvalue weighted by atomic mass is 16.6. The molecule has 0 spiro atoms. The number of rotatable bonds is 10. The molecule has 0 bridgehead atoms. The molecule has 1 fully saturated rings. The second-order valence-electron chi connectivity index (χ2n) is 6.87. The van der Waals surface area contributed by atoms with E-state index >= 15 is 0 Å². The summed E-state index contributed by atoms with van der Waals surface area (Å²) in [5.74, 6) is -1.91. The maximum atomic E-state index is 12.8. The predicted molar refractivity (Wildman–Crippen MR) is 107 cm³/mol. The van der Waals surface area contributed by atoms with E-state index in [0.717, 1.165) is 11.6 Å². The molecule has 2 rings (SSSR count). The first kappa shape index (κ1) is 22.1. The standard InChI is InChI=1S/C22H25NO6/c1-16(24)23-18(14-17-10-6-5-7-11-17)21(27)29-19(22(2)15-28-22)12-8-3-4-9-13-20(25)26/h3-13,18-19H,14-15H2,1-2H3,(H,23,24)(H,25,26)/b4-3?,12-8?,13-9+. The summed E-state index contributed by atoms with van der Waals surface area (Å²) >= 11 is 0. The molecule has 154 valence electrons. The Morgan fingerprint density at radius 1 is 1.21 bits per heavy atom. The fourth-order valence-corrected chi connectivity index (χ4v) is 2.57. The minimum Gasteiger partial charge on any atom is -0.478 e. The molecular formula is C22H25NO6. The molecule has 1 heterocycles. The Morgan fingerprint density at radius 2 is 1.86 bits per heavy atom. The van der Waals surface area contributed by atoms with Crippen LogP contribution in [0.3, 0.4) is 0 Å². The van der Waals surface area contributed by atoms with Gasteiger partial charge in [0.05, 0.1) is 6.61 Å². The predicted octanol–water partition coefficient (Wildman–Crippen LogP) is 2.19. The molecule has 0 aromatic heterocycles. The second-order valence-corrected chi connectivity index (χ2v) is 6.87. The van der Waals surface area contributed by atoms with Gasteiger partial charge < -0.3 is 19.9 Å². The largest absolute Gasteiger partial charge is 0.478 e. The molecule has 1 amide bonds. The van der Waals surface area contributed by atoms with Crippen LogP contribution >= 0.6 is 0 Å². The number of ether oxygens (including phenoxy) is 2. The number of carbonyl (C=O) groups excluding carboxylic acids is 2. The van der Waals surface area contributed by atoms with Gasteiger partial charge in [-0.05, 0) is 18.6 Å². The molecule has 1 aromatic rings. The monoisotopic (exact) mass is 399 g/mol. The third-order valence-electron chi connectivity index (χ3n) is 4.25. The van der Waals surface area contributed by atoms with Gasteiger partial charge in [0.15, 0.2) is 6.10 Å². The fourth-order valence-electron chi connectivity index (χ4n) is 2.57. The molecular weight excluding hydrogens is 374 g/mol. The van der Waals surface area contributed by atoms with E-state index in [0.29, 0.717) is 13.0 Å². The quantitative estimate of drug-likeness (QED) is 0.270. The smallest absolute Gasteiger partial charge is 0.329 e. The molecule has 2 N–H and O–H groups in total. The van der Waals surface area contributed by atoms with Crippen LogP contribution < -0.4 is 5.32 Å². The van der Waals surface area contributed by atoms with Crippen molar-refractivity contribution >= 4 is 17.8 Å². The van der Waals surface area contributed by atoms with Gasteiger partial charge in [0.2, 0.25) is 5.91 Å². The van der Waals surface area contributed by atoms with Gasteiger partial charge in [-0.3, -0.25) is 4.79 Å². The molecule has 1 aliphatic heterocycles. The van der Waals surface area contributed by atoms with Crippen molar-refractivity contribution in [3.05, 3.63) is 72.4 Å². The molecule has 1 aliphatic rings. The Bertz CT molecular complexity index is 808. The molecule has 0 aliphatic carbocycles. The van der Waals surface area contributed by atoms with E-state index in [2.05, 4.69) is 5.32 Å². The van der Waals surface area contributed by atoms with Crippen LogP contribution in [0.2, 0.25) is 0 Å². The third kappa shape index (κ3) is 7.75. The normalized spacial score (nSPS) is 20.6. The zero-order chi connectivity index (χ0) is 21.3. The highest BCUT2D eigenvalue weighted by Gasteiger charge is 2.48. The number of carboxylic acids is 1. The summed E-state index contributed by atoms with van der Waals surface area (Å²) < 4.78 is 11.1. The van der Waals surface area contributed by atoms with Crippen molar-refractivity contribution in [2.24, 2.45) is 0 Å². The summed E-state index contributed by atoms with van der Waals surface area (Å²) in [6, 6.07) is 8.53. The first-order valence-corrected chi connectivity index (χ1v) is 9.20. The van der Waals surface area contributed by atoms with Crippen LogP contribution in [-0.4, -0.2) is 47.3 Å². The zero-order valence-electron chi connectivity index (χ0n) is 16.4. The summed E-state index contributed by atoms with van der Waals surface area (Å²) in [5.41, 5.74) is 0.280. The Hall–Kier alpha value is -3.19. The van der Waals surface area contributed by atoms with E-state index in [1.807, 2.05) is 37.3 Å². The number of amides is 1. The summed E-state index contributed by atoms with van der Waals surface area (Å²) in [5, 5.41) is 11.2. The van der Waals surface area contributed by atoms with Gasteiger partial charge in [0, 0.05) is 19.4 Å². The Balaban J connectivity index is 2.06. The van der Waals surface area contributed by atoms with Crippen LogP contribution in [0.15, 0.2) is 66.8 Å². The lowest BCUT2D eigenvalue weighted by molar-refractivity contribution is -0.153. The number of hydrogen-bond acceptors (Lipinski definition) is 5. The summed E-state index contributed by atoms with van der Waals surface area (Å²) in [7, 11) is 0. The molecule has 7 heteroatoms. The van der Waals surface area contributed by atoms with Gasteiger partial charge >= 0.3 is 11.9 Å². The Kier molecular flexibility index (Phi) is 7.91. The minimum atomic E-state index is -1.04. The van der Waals surface area contributed by atoms with Crippen LogP contribution in [0.5, 0.6) is 0 Å². The van der Waals surface area contributed by atoms with E-state index in [9.17, 15) is 14.4 Å². The van der Waals surface area contributed by atoms with Crippen molar-refractivity contribution in [2.45, 2.75) is 38.0 Å². The minimum absolute atomic E-state index is 0.313. The maximum Gasteiger partial charge on any atom is 0.329 e. The van der Waals surface area contributed by atoms with Gasteiger partial charge in [0.1, 0.15) is 11.6 Å². The number of carboxylic acid groups (broad SMARTS) is 1. The number of allylic oxidation sites excluding steroid dienone is 4. The molecule has 1 saturated heterocycles. The number of hydrogen-bond donors (Lipinski definition) is 2. The summed E-state index contributed by atoms with van der Waals surface area (Å²) in [6.45, 7) is 3.62. The van der Waals surface area contributed by atoms with Crippen LogP contribution in [0, 0.1) is 0 Å². The number of benzene rings is 1. The van der Waals surface area contributed by atoms with Crippen LogP contribution in [0.4, 0.5) is 0 Å². The summed E-state index contributed by atoms with van der Waals surface area (Å²) in [4.78, 5) is 34.7. The average molecular weight is 399 g/mol. The van der Waals surface area contributed by atoms with Crippen molar-refractivity contribution in [1.82, 2.24) is 5.32 Å². The van der Waals surface area contributed by atoms with E-state index in [1.54, 1.807) is 24.3 Å².